The lowest BCUT2D eigenvalue weighted by Crippen LogP contribution is -2.13. The SMILES string of the molecule is COC(CCSc1ccc(Cl)cc1)OC. The van der Waals surface area contributed by atoms with E-state index in [2.05, 4.69) is 0 Å². The molecule has 2 nitrogen and oxygen atoms in total. The molecule has 0 aliphatic carbocycles. The van der Waals surface area contributed by atoms with Crippen molar-refractivity contribution < 1.29 is 9.47 Å². The number of benzene rings is 1. The molecule has 4 heteroatoms. The monoisotopic (exact) mass is 246 g/mol. The summed E-state index contributed by atoms with van der Waals surface area (Å²) in [6, 6.07) is 7.82. The van der Waals surface area contributed by atoms with E-state index < -0.39 is 0 Å². The maximum absolute atomic E-state index is 5.79. The molecule has 0 spiro atoms. The van der Waals surface area contributed by atoms with Crippen LogP contribution in [0.15, 0.2) is 29.2 Å². The first kappa shape index (κ1) is 12.8. The third kappa shape index (κ3) is 4.89. The molecule has 1 aromatic rings. The Bertz CT molecular complexity index is 272. The summed E-state index contributed by atoms with van der Waals surface area (Å²) >= 11 is 7.56. The molecule has 0 atom stereocenters. The van der Waals surface area contributed by atoms with E-state index in [1.807, 2.05) is 24.3 Å². The number of halogens is 1. The van der Waals surface area contributed by atoms with Crippen LogP contribution in [0.5, 0.6) is 0 Å². The standard InChI is InChI=1S/C11H15ClO2S/c1-13-11(14-2)7-8-15-10-5-3-9(12)4-6-10/h3-6,11H,7-8H2,1-2H3. The predicted molar refractivity (Wildman–Crippen MR) is 64.6 cm³/mol. The molecule has 0 radical (unpaired) electrons. The zero-order valence-electron chi connectivity index (χ0n) is 8.90. The van der Waals surface area contributed by atoms with E-state index in [4.69, 9.17) is 21.1 Å². The molecule has 84 valence electrons. The van der Waals surface area contributed by atoms with E-state index in [9.17, 15) is 0 Å². The van der Waals surface area contributed by atoms with Crippen molar-refractivity contribution in [2.45, 2.75) is 17.6 Å². The molecule has 0 unspecified atom stereocenters. The van der Waals surface area contributed by atoms with Gasteiger partial charge in [-0.1, -0.05) is 11.6 Å². The molecule has 0 saturated carbocycles. The maximum Gasteiger partial charge on any atom is 0.157 e. The Balaban J connectivity index is 2.28. The smallest absolute Gasteiger partial charge is 0.157 e. The van der Waals surface area contributed by atoms with E-state index in [-0.39, 0.29) is 6.29 Å². The van der Waals surface area contributed by atoms with Crippen LogP contribution in [-0.2, 0) is 9.47 Å². The van der Waals surface area contributed by atoms with Gasteiger partial charge in [-0.2, -0.15) is 0 Å². The molecule has 0 aliphatic heterocycles. The summed E-state index contributed by atoms with van der Waals surface area (Å²) in [6.45, 7) is 0. The van der Waals surface area contributed by atoms with Crippen molar-refractivity contribution >= 4 is 23.4 Å². The molecule has 1 rings (SSSR count). The molecule has 0 aliphatic rings. The van der Waals surface area contributed by atoms with Crippen LogP contribution in [0.4, 0.5) is 0 Å². The van der Waals surface area contributed by atoms with Gasteiger partial charge in [0.15, 0.2) is 6.29 Å². The quantitative estimate of drug-likeness (QED) is 0.566. The topological polar surface area (TPSA) is 18.5 Å². The predicted octanol–water partition coefficient (Wildman–Crippen LogP) is 3.44. The van der Waals surface area contributed by atoms with Crippen LogP contribution < -0.4 is 0 Å². The summed E-state index contributed by atoms with van der Waals surface area (Å²) in [5, 5.41) is 0.769. The van der Waals surface area contributed by atoms with Gasteiger partial charge in [0.1, 0.15) is 0 Å². The minimum Gasteiger partial charge on any atom is -0.356 e. The van der Waals surface area contributed by atoms with Crippen molar-refractivity contribution in [2.24, 2.45) is 0 Å². The van der Waals surface area contributed by atoms with Crippen molar-refractivity contribution in [2.75, 3.05) is 20.0 Å². The number of rotatable bonds is 6. The first-order valence-corrected chi connectivity index (χ1v) is 6.06. The zero-order chi connectivity index (χ0) is 11.1. The molecule has 0 aromatic heterocycles. The summed E-state index contributed by atoms with van der Waals surface area (Å²) in [4.78, 5) is 1.21. The second-order valence-electron chi connectivity index (χ2n) is 2.99. The van der Waals surface area contributed by atoms with Crippen LogP contribution in [0.3, 0.4) is 0 Å². The van der Waals surface area contributed by atoms with Crippen LogP contribution in [-0.4, -0.2) is 26.3 Å². The van der Waals surface area contributed by atoms with Crippen molar-refractivity contribution in [1.29, 1.82) is 0 Å². The van der Waals surface area contributed by atoms with E-state index in [1.54, 1.807) is 26.0 Å². The normalized spacial score (nSPS) is 10.9. The Morgan fingerprint density at radius 3 is 2.33 bits per heavy atom. The fraction of sp³-hybridized carbons (Fsp3) is 0.455. The van der Waals surface area contributed by atoms with Gasteiger partial charge in [0.2, 0.25) is 0 Å². The molecular weight excluding hydrogens is 232 g/mol. The Morgan fingerprint density at radius 1 is 1.20 bits per heavy atom. The zero-order valence-corrected chi connectivity index (χ0v) is 10.5. The highest BCUT2D eigenvalue weighted by Crippen LogP contribution is 2.21. The molecule has 0 bridgehead atoms. The van der Waals surface area contributed by atoms with Gasteiger partial charge in [0, 0.05) is 36.3 Å². The van der Waals surface area contributed by atoms with Gasteiger partial charge in [0.25, 0.3) is 0 Å². The molecule has 0 amide bonds. The van der Waals surface area contributed by atoms with Crippen LogP contribution in [0, 0.1) is 0 Å². The Kier molecular flexibility index (Phi) is 6.10. The fourth-order valence-corrected chi connectivity index (χ4v) is 2.14. The first-order valence-electron chi connectivity index (χ1n) is 4.70. The van der Waals surface area contributed by atoms with Crippen LogP contribution in [0.2, 0.25) is 5.02 Å². The van der Waals surface area contributed by atoms with Gasteiger partial charge in [-0.15, -0.1) is 11.8 Å². The highest BCUT2D eigenvalue weighted by molar-refractivity contribution is 7.99. The molecule has 0 saturated heterocycles. The molecule has 0 heterocycles. The Hall–Kier alpha value is -0.220. The lowest BCUT2D eigenvalue weighted by molar-refractivity contribution is -0.102. The van der Waals surface area contributed by atoms with Crippen LogP contribution in [0.1, 0.15) is 6.42 Å². The lowest BCUT2D eigenvalue weighted by Gasteiger charge is -2.12. The fourth-order valence-electron chi connectivity index (χ4n) is 1.14. The third-order valence-electron chi connectivity index (χ3n) is 1.96. The van der Waals surface area contributed by atoms with Gasteiger partial charge in [-0.05, 0) is 24.3 Å². The average molecular weight is 247 g/mol. The lowest BCUT2D eigenvalue weighted by atomic mass is 10.4. The van der Waals surface area contributed by atoms with Crippen LogP contribution in [0.25, 0.3) is 0 Å². The Labute approximate surface area is 99.9 Å². The number of ether oxygens (including phenoxy) is 2. The van der Waals surface area contributed by atoms with E-state index in [0.29, 0.717) is 0 Å². The van der Waals surface area contributed by atoms with Crippen molar-refractivity contribution in [1.82, 2.24) is 0 Å². The minimum absolute atomic E-state index is 0.107. The highest BCUT2D eigenvalue weighted by atomic mass is 35.5. The molecule has 15 heavy (non-hydrogen) atoms. The second-order valence-corrected chi connectivity index (χ2v) is 4.60. The summed E-state index contributed by atoms with van der Waals surface area (Å²) < 4.78 is 10.2. The molecule has 0 fully saturated rings. The van der Waals surface area contributed by atoms with Gasteiger partial charge in [0.05, 0.1) is 0 Å². The van der Waals surface area contributed by atoms with E-state index >= 15 is 0 Å². The summed E-state index contributed by atoms with van der Waals surface area (Å²) in [5.74, 6) is 0.966. The van der Waals surface area contributed by atoms with Crippen molar-refractivity contribution in [3.63, 3.8) is 0 Å². The van der Waals surface area contributed by atoms with Gasteiger partial charge in [-0.25, -0.2) is 0 Å². The van der Waals surface area contributed by atoms with E-state index in [1.165, 1.54) is 4.90 Å². The second kappa shape index (κ2) is 7.12. The molecule has 0 N–H and O–H groups in total. The summed E-state index contributed by atoms with van der Waals surface area (Å²) in [6.07, 6.45) is 0.769. The highest BCUT2D eigenvalue weighted by Gasteiger charge is 2.04. The molecular formula is C11H15ClO2S. The van der Waals surface area contributed by atoms with Gasteiger partial charge < -0.3 is 9.47 Å². The summed E-state index contributed by atoms with van der Waals surface area (Å²) in [5.41, 5.74) is 0. The van der Waals surface area contributed by atoms with Crippen molar-refractivity contribution in [3.05, 3.63) is 29.3 Å². The number of thioether (sulfide) groups is 1. The third-order valence-corrected chi connectivity index (χ3v) is 3.26. The summed E-state index contributed by atoms with van der Waals surface area (Å²) in [7, 11) is 3.31. The van der Waals surface area contributed by atoms with Gasteiger partial charge >= 0.3 is 0 Å². The number of hydrogen-bond acceptors (Lipinski definition) is 3. The van der Waals surface area contributed by atoms with Gasteiger partial charge in [-0.3, -0.25) is 0 Å². The maximum atomic E-state index is 5.79. The minimum atomic E-state index is -0.107. The number of methoxy groups -OCH3 is 2. The van der Waals surface area contributed by atoms with Crippen molar-refractivity contribution in [3.8, 4) is 0 Å². The largest absolute Gasteiger partial charge is 0.356 e. The number of hydrogen-bond donors (Lipinski definition) is 0. The van der Waals surface area contributed by atoms with Crippen LogP contribution >= 0.6 is 23.4 Å². The first-order chi connectivity index (χ1) is 7.26. The molecule has 1 aromatic carbocycles. The average Bonchev–Trinajstić information content (AvgIpc) is 2.27. The van der Waals surface area contributed by atoms with E-state index in [0.717, 1.165) is 17.2 Å². The Morgan fingerprint density at radius 2 is 1.80 bits per heavy atom.